The van der Waals surface area contributed by atoms with Gasteiger partial charge >= 0.3 is 0 Å². The van der Waals surface area contributed by atoms with Crippen molar-refractivity contribution >= 4 is 11.0 Å². The third kappa shape index (κ3) is 1.68. The number of fused-ring (bicyclic) bond motifs is 1. The maximum Gasteiger partial charge on any atom is 0.141 e. The highest BCUT2D eigenvalue weighted by Crippen LogP contribution is 2.41. The fourth-order valence-electron chi connectivity index (χ4n) is 2.65. The molecule has 4 nitrogen and oxygen atoms in total. The quantitative estimate of drug-likeness (QED) is 0.772. The third-order valence-corrected chi connectivity index (χ3v) is 3.86. The zero-order valence-electron chi connectivity index (χ0n) is 11.2. The third-order valence-electron chi connectivity index (χ3n) is 3.86. The van der Waals surface area contributed by atoms with E-state index in [0.29, 0.717) is 11.8 Å². The van der Waals surface area contributed by atoms with Crippen LogP contribution >= 0.6 is 0 Å². The van der Waals surface area contributed by atoms with Gasteiger partial charge < -0.3 is 9.67 Å². The number of aromatic nitrogens is 3. The molecule has 20 heavy (non-hydrogen) atoms. The molecule has 1 fully saturated rings. The molecule has 0 spiro atoms. The van der Waals surface area contributed by atoms with Crippen LogP contribution in [0.4, 0.5) is 0 Å². The largest absolute Gasteiger partial charge is 0.508 e. The Morgan fingerprint density at radius 1 is 1.25 bits per heavy atom. The lowest BCUT2D eigenvalue weighted by atomic mass is 10.1. The predicted octanol–water partition coefficient (Wildman–Crippen LogP) is 3.45. The van der Waals surface area contributed by atoms with Crippen molar-refractivity contribution in [3.8, 4) is 17.1 Å². The number of pyridine rings is 1. The van der Waals surface area contributed by atoms with Gasteiger partial charge in [-0.1, -0.05) is 0 Å². The number of hydrogen-bond acceptors (Lipinski definition) is 3. The van der Waals surface area contributed by atoms with Crippen LogP contribution in [0.5, 0.6) is 5.75 Å². The number of phenolic OH excluding ortho intramolecular Hbond substituents is 1. The summed E-state index contributed by atoms with van der Waals surface area (Å²) in [6, 6.07) is 8.22. The number of benzene rings is 1. The topological polar surface area (TPSA) is 50.9 Å². The van der Waals surface area contributed by atoms with Crippen LogP contribution in [0.1, 0.15) is 24.4 Å². The number of imidazole rings is 1. The minimum atomic E-state index is 0.324. The number of hydrogen-bond donors (Lipinski definition) is 1. The molecule has 1 aliphatic carbocycles. The Morgan fingerprint density at radius 3 is 2.85 bits per heavy atom. The van der Waals surface area contributed by atoms with Crippen molar-refractivity contribution in [1.29, 1.82) is 0 Å². The first-order valence-corrected chi connectivity index (χ1v) is 6.86. The highest BCUT2D eigenvalue weighted by atomic mass is 16.3. The highest BCUT2D eigenvalue weighted by molar-refractivity contribution is 5.80. The number of aryl methyl sites for hydroxylation is 1. The van der Waals surface area contributed by atoms with Crippen LogP contribution in [0, 0.1) is 6.92 Å². The van der Waals surface area contributed by atoms with Gasteiger partial charge in [-0.15, -0.1) is 0 Å². The maximum absolute atomic E-state index is 9.68. The molecule has 1 aromatic carbocycles. The molecular formula is C16H15N3O. The van der Waals surface area contributed by atoms with Gasteiger partial charge in [-0.25, -0.2) is 4.98 Å². The van der Waals surface area contributed by atoms with Gasteiger partial charge in [-0.2, -0.15) is 0 Å². The Hall–Kier alpha value is -2.36. The van der Waals surface area contributed by atoms with E-state index in [1.54, 1.807) is 6.07 Å². The molecule has 0 amide bonds. The number of nitrogens with zero attached hydrogens (tertiary/aromatic N) is 3. The van der Waals surface area contributed by atoms with Crippen molar-refractivity contribution in [2.45, 2.75) is 25.8 Å². The molecule has 1 aliphatic rings. The summed E-state index contributed by atoms with van der Waals surface area (Å²) in [7, 11) is 0. The van der Waals surface area contributed by atoms with Crippen LogP contribution in [0.15, 0.2) is 36.7 Å². The monoisotopic (exact) mass is 265 g/mol. The second kappa shape index (κ2) is 4.07. The Kier molecular flexibility index (Phi) is 2.33. The average molecular weight is 265 g/mol. The van der Waals surface area contributed by atoms with E-state index < -0.39 is 0 Å². The van der Waals surface area contributed by atoms with Gasteiger partial charge in [0.25, 0.3) is 0 Å². The Morgan fingerprint density at radius 2 is 2.10 bits per heavy atom. The lowest BCUT2D eigenvalue weighted by Crippen LogP contribution is -1.97. The molecule has 4 heteroatoms. The molecule has 100 valence electrons. The molecule has 1 saturated carbocycles. The SMILES string of the molecule is Cc1cc(-c2nc3cnccc3n2C2CC2)ccc1O. The second-order valence-corrected chi connectivity index (χ2v) is 5.40. The van der Waals surface area contributed by atoms with E-state index >= 15 is 0 Å². The smallest absolute Gasteiger partial charge is 0.141 e. The van der Waals surface area contributed by atoms with Crippen molar-refractivity contribution in [2.75, 3.05) is 0 Å². The van der Waals surface area contributed by atoms with E-state index in [9.17, 15) is 5.11 Å². The molecule has 4 rings (SSSR count). The van der Waals surface area contributed by atoms with E-state index in [1.807, 2.05) is 37.5 Å². The van der Waals surface area contributed by atoms with Crippen LogP contribution < -0.4 is 0 Å². The first-order valence-electron chi connectivity index (χ1n) is 6.86. The van der Waals surface area contributed by atoms with E-state index in [0.717, 1.165) is 28.0 Å². The first-order chi connectivity index (χ1) is 9.74. The lowest BCUT2D eigenvalue weighted by Gasteiger charge is -2.08. The lowest BCUT2D eigenvalue weighted by molar-refractivity contribution is 0.471. The van der Waals surface area contributed by atoms with E-state index in [1.165, 1.54) is 12.8 Å². The minimum absolute atomic E-state index is 0.324. The van der Waals surface area contributed by atoms with Gasteiger partial charge in [0.15, 0.2) is 0 Å². The van der Waals surface area contributed by atoms with Crippen molar-refractivity contribution < 1.29 is 5.11 Å². The van der Waals surface area contributed by atoms with E-state index in [4.69, 9.17) is 4.98 Å². The fraction of sp³-hybridized carbons (Fsp3) is 0.250. The summed E-state index contributed by atoms with van der Waals surface area (Å²) >= 11 is 0. The fourth-order valence-corrected chi connectivity index (χ4v) is 2.65. The minimum Gasteiger partial charge on any atom is -0.508 e. The normalized spacial score (nSPS) is 14.8. The van der Waals surface area contributed by atoms with Crippen LogP contribution in [0.25, 0.3) is 22.4 Å². The van der Waals surface area contributed by atoms with Crippen molar-refractivity contribution in [1.82, 2.24) is 14.5 Å². The summed E-state index contributed by atoms with van der Waals surface area (Å²) in [6.07, 6.45) is 6.04. The summed E-state index contributed by atoms with van der Waals surface area (Å²) in [5.41, 5.74) is 3.99. The summed E-state index contributed by atoms with van der Waals surface area (Å²) < 4.78 is 2.31. The Bertz CT molecular complexity index is 803. The molecular weight excluding hydrogens is 250 g/mol. The maximum atomic E-state index is 9.68. The van der Waals surface area contributed by atoms with Crippen LogP contribution in [-0.2, 0) is 0 Å². The van der Waals surface area contributed by atoms with Gasteiger partial charge in [0, 0.05) is 17.8 Å². The van der Waals surface area contributed by atoms with Gasteiger partial charge in [0.2, 0.25) is 0 Å². The van der Waals surface area contributed by atoms with Crippen molar-refractivity contribution in [3.05, 3.63) is 42.2 Å². The van der Waals surface area contributed by atoms with Gasteiger partial charge in [-0.05, 0) is 49.6 Å². The number of phenols is 1. The molecule has 0 radical (unpaired) electrons. The molecule has 2 aromatic heterocycles. The molecule has 2 heterocycles. The zero-order chi connectivity index (χ0) is 13.7. The van der Waals surface area contributed by atoms with Gasteiger partial charge in [-0.3, -0.25) is 4.98 Å². The Balaban J connectivity index is 1.98. The molecule has 0 atom stereocenters. The zero-order valence-corrected chi connectivity index (χ0v) is 11.2. The van der Waals surface area contributed by atoms with Crippen LogP contribution in [-0.4, -0.2) is 19.6 Å². The number of rotatable bonds is 2. The molecule has 0 bridgehead atoms. The summed E-state index contributed by atoms with van der Waals surface area (Å²) in [5, 5.41) is 9.68. The molecule has 0 aliphatic heterocycles. The van der Waals surface area contributed by atoms with Gasteiger partial charge in [0.1, 0.15) is 17.1 Å². The first kappa shape index (κ1) is 11.5. The van der Waals surface area contributed by atoms with Crippen molar-refractivity contribution in [2.24, 2.45) is 0 Å². The standard InChI is InChI=1S/C16H15N3O/c1-10-8-11(2-5-15(10)20)16-18-13-9-17-7-6-14(13)19(16)12-3-4-12/h2,5-9,12,20H,3-4H2,1H3. The highest BCUT2D eigenvalue weighted by Gasteiger charge is 2.28. The van der Waals surface area contributed by atoms with E-state index in [2.05, 4.69) is 9.55 Å². The van der Waals surface area contributed by atoms with Crippen LogP contribution in [0.2, 0.25) is 0 Å². The van der Waals surface area contributed by atoms with Crippen LogP contribution in [0.3, 0.4) is 0 Å². The van der Waals surface area contributed by atoms with Gasteiger partial charge in [0.05, 0.1) is 11.7 Å². The second-order valence-electron chi connectivity index (χ2n) is 5.40. The molecule has 3 aromatic rings. The average Bonchev–Trinajstić information content (AvgIpc) is 3.22. The molecule has 0 unspecified atom stereocenters. The summed E-state index contributed by atoms with van der Waals surface area (Å²) in [6.45, 7) is 1.91. The summed E-state index contributed by atoms with van der Waals surface area (Å²) in [4.78, 5) is 8.89. The Labute approximate surface area is 116 Å². The van der Waals surface area contributed by atoms with Crippen molar-refractivity contribution in [3.63, 3.8) is 0 Å². The predicted molar refractivity (Wildman–Crippen MR) is 77.6 cm³/mol. The summed E-state index contributed by atoms with van der Waals surface area (Å²) in [5.74, 6) is 1.29. The number of aromatic hydroxyl groups is 1. The molecule has 1 N–H and O–H groups in total. The molecule has 0 saturated heterocycles. The van der Waals surface area contributed by atoms with E-state index in [-0.39, 0.29) is 0 Å².